The van der Waals surface area contributed by atoms with E-state index >= 15 is 0 Å². The molecule has 1 fully saturated rings. The van der Waals surface area contributed by atoms with Crippen LogP contribution in [0.1, 0.15) is 25.3 Å². The molecule has 0 spiro atoms. The normalized spacial score (nSPS) is 14.3. The van der Waals surface area contributed by atoms with E-state index in [0.717, 1.165) is 17.0 Å². The Kier molecular flexibility index (Phi) is 6.32. The number of hydrogen-bond acceptors (Lipinski definition) is 3. The van der Waals surface area contributed by atoms with Gasteiger partial charge in [-0.15, -0.1) is 12.4 Å². The highest BCUT2D eigenvalue weighted by atomic mass is 35.5. The first kappa shape index (κ1) is 19.1. The summed E-state index contributed by atoms with van der Waals surface area (Å²) in [6.45, 7) is 2.14. The monoisotopic (exact) mass is 360 g/mol. The number of amides is 1. The molecule has 1 amide bonds. The van der Waals surface area contributed by atoms with Gasteiger partial charge < -0.3 is 15.4 Å². The van der Waals surface area contributed by atoms with Crippen molar-refractivity contribution < 1.29 is 9.53 Å². The van der Waals surface area contributed by atoms with Gasteiger partial charge in [-0.3, -0.25) is 4.79 Å². The Morgan fingerprint density at radius 3 is 2.28 bits per heavy atom. The first-order valence-corrected chi connectivity index (χ1v) is 8.39. The lowest BCUT2D eigenvalue weighted by Gasteiger charge is -2.30. The van der Waals surface area contributed by atoms with Gasteiger partial charge in [-0.25, -0.2) is 0 Å². The molecular weight excluding hydrogens is 336 g/mol. The van der Waals surface area contributed by atoms with Gasteiger partial charge in [0.2, 0.25) is 5.91 Å². The summed E-state index contributed by atoms with van der Waals surface area (Å²) in [6.07, 6.45) is 2.77. The SMILES string of the molecule is COc1ccc(N(C(=O)Cc2ccc(N)cc2)C(C)C2CC2)cc1.Cl. The van der Waals surface area contributed by atoms with Gasteiger partial charge in [0.1, 0.15) is 5.75 Å². The average molecular weight is 361 g/mol. The lowest BCUT2D eigenvalue weighted by Crippen LogP contribution is -2.41. The fourth-order valence-corrected chi connectivity index (χ4v) is 3.03. The van der Waals surface area contributed by atoms with Crippen LogP contribution in [0.5, 0.6) is 5.75 Å². The van der Waals surface area contributed by atoms with Gasteiger partial charge >= 0.3 is 0 Å². The van der Waals surface area contributed by atoms with Crippen molar-refractivity contribution in [3.05, 3.63) is 54.1 Å². The smallest absolute Gasteiger partial charge is 0.231 e. The lowest BCUT2D eigenvalue weighted by atomic mass is 10.1. The Labute approximate surface area is 155 Å². The second-order valence-electron chi connectivity index (χ2n) is 6.46. The van der Waals surface area contributed by atoms with Crippen LogP contribution >= 0.6 is 12.4 Å². The van der Waals surface area contributed by atoms with Crippen LogP contribution in [-0.4, -0.2) is 19.1 Å². The maximum absolute atomic E-state index is 13.0. The summed E-state index contributed by atoms with van der Waals surface area (Å²) in [7, 11) is 1.64. The van der Waals surface area contributed by atoms with E-state index in [0.29, 0.717) is 18.0 Å². The van der Waals surface area contributed by atoms with Crippen molar-refractivity contribution in [3.8, 4) is 5.75 Å². The Hall–Kier alpha value is -2.20. The van der Waals surface area contributed by atoms with Crippen LogP contribution < -0.4 is 15.4 Å². The summed E-state index contributed by atoms with van der Waals surface area (Å²) in [5, 5.41) is 0. The van der Waals surface area contributed by atoms with Crippen molar-refractivity contribution in [1.29, 1.82) is 0 Å². The largest absolute Gasteiger partial charge is 0.497 e. The zero-order valence-electron chi connectivity index (χ0n) is 14.6. The minimum absolute atomic E-state index is 0. The molecule has 0 heterocycles. The third-order valence-corrected chi connectivity index (χ3v) is 4.67. The van der Waals surface area contributed by atoms with E-state index in [4.69, 9.17) is 10.5 Å². The second kappa shape index (κ2) is 8.26. The maximum Gasteiger partial charge on any atom is 0.231 e. The third kappa shape index (κ3) is 4.67. The van der Waals surface area contributed by atoms with Crippen LogP contribution in [-0.2, 0) is 11.2 Å². The van der Waals surface area contributed by atoms with E-state index in [1.807, 2.05) is 53.4 Å². The predicted octanol–water partition coefficient (Wildman–Crippen LogP) is 4.07. The molecule has 134 valence electrons. The molecule has 0 saturated heterocycles. The van der Waals surface area contributed by atoms with Crippen LogP contribution in [0.4, 0.5) is 11.4 Å². The third-order valence-electron chi connectivity index (χ3n) is 4.67. The summed E-state index contributed by atoms with van der Waals surface area (Å²) in [6, 6.07) is 15.4. The molecule has 0 aliphatic heterocycles. The van der Waals surface area contributed by atoms with Gasteiger partial charge in [0.05, 0.1) is 13.5 Å². The zero-order chi connectivity index (χ0) is 17.1. The predicted molar refractivity (Wildman–Crippen MR) is 104 cm³/mol. The quantitative estimate of drug-likeness (QED) is 0.790. The van der Waals surface area contributed by atoms with E-state index in [1.54, 1.807) is 7.11 Å². The van der Waals surface area contributed by atoms with Gasteiger partial charge in [-0.05, 0) is 67.6 Å². The number of hydrogen-bond donors (Lipinski definition) is 1. The Morgan fingerprint density at radius 1 is 1.16 bits per heavy atom. The molecule has 3 rings (SSSR count). The molecule has 2 aromatic carbocycles. The molecule has 1 aliphatic carbocycles. The second-order valence-corrected chi connectivity index (χ2v) is 6.46. The molecule has 0 aromatic heterocycles. The average Bonchev–Trinajstić information content (AvgIpc) is 3.43. The molecule has 2 N–H and O–H groups in total. The topological polar surface area (TPSA) is 55.6 Å². The van der Waals surface area contributed by atoms with Crippen LogP contribution in [0.15, 0.2) is 48.5 Å². The van der Waals surface area contributed by atoms with Gasteiger partial charge in [0.15, 0.2) is 0 Å². The number of nitrogen functional groups attached to an aromatic ring is 1. The molecule has 0 radical (unpaired) electrons. The summed E-state index contributed by atoms with van der Waals surface area (Å²) in [4.78, 5) is 14.9. The van der Waals surface area contributed by atoms with E-state index in [1.165, 1.54) is 12.8 Å². The van der Waals surface area contributed by atoms with Crippen molar-refractivity contribution in [3.63, 3.8) is 0 Å². The molecule has 4 nitrogen and oxygen atoms in total. The van der Waals surface area contributed by atoms with Crippen LogP contribution in [0.25, 0.3) is 0 Å². The minimum Gasteiger partial charge on any atom is -0.497 e. The fourth-order valence-electron chi connectivity index (χ4n) is 3.03. The fraction of sp³-hybridized carbons (Fsp3) is 0.350. The molecule has 5 heteroatoms. The molecule has 0 bridgehead atoms. The van der Waals surface area contributed by atoms with Crippen molar-refractivity contribution in [1.82, 2.24) is 0 Å². The number of carbonyl (C=O) groups is 1. The summed E-state index contributed by atoms with van der Waals surface area (Å²) in [5.74, 6) is 1.51. The molecule has 1 saturated carbocycles. The number of nitrogens with two attached hydrogens (primary N) is 1. The number of benzene rings is 2. The van der Waals surface area contributed by atoms with Gasteiger partial charge in [0.25, 0.3) is 0 Å². The van der Waals surface area contributed by atoms with Crippen LogP contribution in [0, 0.1) is 5.92 Å². The van der Waals surface area contributed by atoms with E-state index in [2.05, 4.69) is 6.92 Å². The number of halogens is 1. The highest BCUT2D eigenvalue weighted by Gasteiger charge is 2.35. The number of anilines is 2. The Bertz CT molecular complexity index is 697. The van der Waals surface area contributed by atoms with Crippen LogP contribution in [0.3, 0.4) is 0 Å². The molecular formula is C20H25ClN2O2. The molecule has 1 aliphatic rings. The number of methoxy groups -OCH3 is 1. The van der Waals surface area contributed by atoms with Crippen molar-refractivity contribution in [2.45, 2.75) is 32.2 Å². The molecule has 1 unspecified atom stereocenters. The first-order chi connectivity index (χ1) is 11.6. The van der Waals surface area contributed by atoms with Gasteiger partial charge in [-0.2, -0.15) is 0 Å². The van der Waals surface area contributed by atoms with E-state index in [9.17, 15) is 4.79 Å². The number of rotatable bonds is 6. The Balaban J connectivity index is 0.00000225. The summed E-state index contributed by atoms with van der Waals surface area (Å²) in [5.41, 5.74) is 8.35. The maximum atomic E-state index is 13.0. The van der Waals surface area contributed by atoms with Gasteiger partial charge in [-0.1, -0.05) is 12.1 Å². The van der Waals surface area contributed by atoms with Gasteiger partial charge in [0, 0.05) is 17.4 Å². The molecule has 2 aromatic rings. The molecule has 25 heavy (non-hydrogen) atoms. The standard InChI is InChI=1S/C20H24N2O2.ClH/c1-14(16-5-6-16)22(18-9-11-19(24-2)12-10-18)20(23)13-15-3-7-17(21)8-4-15;/h3-4,7-12,14,16H,5-6,13,21H2,1-2H3;1H. The van der Waals surface area contributed by atoms with Crippen molar-refractivity contribution in [2.24, 2.45) is 5.92 Å². The van der Waals surface area contributed by atoms with Crippen molar-refractivity contribution >= 4 is 29.7 Å². The number of carbonyl (C=O) groups excluding carboxylic acids is 1. The first-order valence-electron chi connectivity index (χ1n) is 8.39. The number of ether oxygens (including phenoxy) is 1. The minimum atomic E-state index is 0. The van der Waals surface area contributed by atoms with Crippen molar-refractivity contribution in [2.75, 3.05) is 17.7 Å². The Morgan fingerprint density at radius 2 is 1.76 bits per heavy atom. The lowest BCUT2D eigenvalue weighted by molar-refractivity contribution is -0.118. The summed E-state index contributed by atoms with van der Waals surface area (Å²) < 4.78 is 5.22. The van der Waals surface area contributed by atoms with E-state index in [-0.39, 0.29) is 24.4 Å². The highest BCUT2D eigenvalue weighted by molar-refractivity contribution is 5.95. The van der Waals surface area contributed by atoms with E-state index < -0.39 is 0 Å². The highest BCUT2D eigenvalue weighted by Crippen LogP contribution is 2.37. The zero-order valence-corrected chi connectivity index (χ0v) is 15.5. The summed E-state index contributed by atoms with van der Waals surface area (Å²) >= 11 is 0. The molecule has 1 atom stereocenters. The number of nitrogens with zero attached hydrogens (tertiary/aromatic N) is 1. The van der Waals surface area contributed by atoms with Crippen LogP contribution in [0.2, 0.25) is 0 Å².